The van der Waals surface area contributed by atoms with Gasteiger partial charge in [0, 0.05) is 5.56 Å². The van der Waals surface area contributed by atoms with Crippen LogP contribution < -0.4 is 16.2 Å². The number of carbonyl (C=O) groups excluding carboxylic acids is 1. The van der Waals surface area contributed by atoms with Crippen LogP contribution in [0.25, 0.3) is 10.8 Å². The minimum atomic E-state index is -0.865. The summed E-state index contributed by atoms with van der Waals surface area (Å²) in [5, 5.41) is 1.89. The average molecular weight is 230 g/mol. The summed E-state index contributed by atoms with van der Waals surface area (Å²) in [6, 6.07) is 10.5. The summed E-state index contributed by atoms with van der Waals surface area (Å²) in [4.78, 5) is 11.3. The number of ether oxygens (including phenoxy) is 1. The van der Waals surface area contributed by atoms with Gasteiger partial charge in [0.05, 0.1) is 7.11 Å². The topological polar surface area (TPSA) is 78.3 Å². The largest absolute Gasteiger partial charge is 0.496 e. The zero-order valence-electron chi connectivity index (χ0n) is 9.51. The van der Waals surface area contributed by atoms with Crippen molar-refractivity contribution < 1.29 is 9.53 Å². The molecule has 0 radical (unpaired) electrons. The molecule has 0 bridgehead atoms. The van der Waals surface area contributed by atoms with Crippen molar-refractivity contribution in [2.24, 2.45) is 11.5 Å². The van der Waals surface area contributed by atoms with Crippen molar-refractivity contribution in [3.8, 4) is 5.75 Å². The van der Waals surface area contributed by atoms with Gasteiger partial charge in [-0.2, -0.15) is 0 Å². The minimum absolute atomic E-state index is 0.570. The SMILES string of the molecule is COc1ccc2ccccc2c1C(N)C(N)=O. The Kier molecular flexibility index (Phi) is 2.97. The fourth-order valence-electron chi connectivity index (χ4n) is 1.92. The number of hydrogen-bond acceptors (Lipinski definition) is 3. The summed E-state index contributed by atoms with van der Waals surface area (Å²) in [5.74, 6) is 0.00894. The van der Waals surface area contributed by atoms with Gasteiger partial charge in [0.15, 0.2) is 0 Å². The van der Waals surface area contributed by atoms with Crippen LogP contribution >= 0.6 is 0 Å². The maximum atomic E-state index is 11.3. The highest BCUT2D eigenvalue weighted by Gasteiger charge is 2.19. The van der Waals surface area contributed by atoms with Crippen LogP contribution in [0.4, 0.5) is 0 Å². The molecule has 0 saturated heterocycles. The van der Waals surface area contributed by atoms with Crippen molar-refractivity contribution in [2.75, 3.05) is 7.11 Å². The summed E-state index contributed by atoms with van der Waals surface area (Å²) in [7, 11) is 1.54. The van der Waals surface area contributed by atoms with E-state index in [1.54, 1.807) is 13.2 Å². The van der Waals surface area contributed by atoms with Crippen LogP contribution in [0.15, 0.2) is 36.4 Å². The Labute approximate surface area is 99.2 Å². The fourth-order valence-corrected chi connectivity index (χ4v) is 1.92. The van der Waals surface area contributed by atoms with Gasteiger partial charge in [0.2, 0.25) is 5.91 Å². The van der Waals surface area contributed by atoms with Crippen molar-refractivity contribution in [3.05, 3.63) is 42.0 Å². The van der Waals surface area contributed by atoms with Crippen LogP contribution in [0.3, 0.4) is 0 Å². The zero-order valence-corrected chi connectivity index (χ0v) is 9.51. The predicted octanol–water partition coefficient (Wildman–Crippen LogP) is 1.33. The predicted molar refractivity (Wildman–Crippen MR) is 66.6 cm³/mol. The van der Waals surface area contributed by atoms with Crippen molar-refractivity contribution in [2.45, 2.75) is 6.04 Å². The Balaban J connectivity index is 2.75. The van der Waals surface area contributed by atoms with E-state index < -0.39 is 11.9 Å². The molecule has 0 saturated carbocycles. The van der Waals surface area contributed by atoms with E-state index in [0.29, 0.717) is 11.3 Å². The molecule has 2 rings (SSSR count). The molecule has 88 valence electrons. The molecule has 0 fully saturated rings. The Morgan fingerprint density at radius 2 is 1.94 bits per heavy atom. The number of hydrogen-bond donors (Lipinski definition) is 2. The number of nitrogens with two attached hydrogens (primary N) is 2. The lowest BCUT2D eigenvalue weighted by atomic mass is 9.97. The highest BCUT2D eigenvalue weighted by molar-refractivity contribution is 5.93. The molecule has 1 unspecified atom stereocenters. The number of benzene rings is 2. The number of primary amides is 1. The van der Waals surface area contributed by atoms with Gasteiger partial charge >= 0.3 is 0 Å². The van der Waals surface area contributed by atoms with Crippen molar-refractivity contribution in [3.63, 3.8) is 0 Å². The highest BCUT2D eigenvalue weighted by Crippen LogP contribution is 2.31. The van der Waals surface area contributed by atoms with E-state index in [1.807, 2.05) is 30.3 Å². The molecule has 4 nitrogen and oxygen atoms in total. The van der Waals surface area contributed by atoms with Gasteiger partial charge in [-0.1, -0.05) is 30.3 Å². The molecule has 4 N–H and O–H groups in total. The number of fused-ring (bicyclic) bond motifs is 1. The Bertz CT molecular complexity index is 566. The Morgan fingerprint density at radius 3 is 2.59 bits per heavy atom. The molecule has 1 atom stereocenters. The zero-order chi connectivity index (χ0) is 12.4. The average Bonchev–Trinajstić information content (AvgIpc) is 2.36. The molecule has 0 aromatic heterocycles. The van der Waals surface area contributed by atoms with Gasteiger partial charge in [-0.05, 0) is 16.8 Å². The normalized spacial score (nSPS) is 12.4. The summed E-state index contributed by atoms with van der Waals surface area (Å²) < 4.78 is 5.24. The lowest BCUT2D eigenvalue weighted by molar-refractivity contribution is -0.119. The van der Waals surface area contributed by atoms with Gasteiger partial charge in [-0.15, -0.1) is 0 Å². The summed E-state index contributed by atoms with van der Waals surface area (Å²) in [6.45, 7) is 0. The van der Waals surface area contributed by atoms with Crippen LogP contribution in [0.1, 0.15) is 11.6 Å². The quantitative estimate of drug-likeness (QED) is 0.835. The maximum Gasteiger partial charge on any atom is 0.239 e. The molecule has 0 aliphatic carbocycles. The van der Waals surface area contributed by atoms with Crippen LogP contribution in [-0.2, 0) is 4.79 Å². The monoisotopic (exact) mass is 230 g/mol. The van der Waals surface area contributed by atoms with Crippen molar-refractivity contribution >= 4 is 16.7 Å². The van der Waals surface area contributed by atoms with E-state index in [0.717, 1.165) is 10.8 Å². The third kappa shape index (κ3) is 1.94. The van der Waals surface area contributed by atoms with Crippen LogP contribution in [0.2, 0.25) is 0 Å². The second kappa shape index (κ2) is 4.43. The molecule has 4 heteroatoms. The van der Waals surface area contributed by atoms with Crippen LogP contribution in [0.5, 0.6) is 5.75 Å². The van der Waals surface area contributed by atoms with Gasteiger partial charge in [-0.25, -0.2) is 0 Å². The second-order valence-corrected chi connectivity index (χ2v) is 3.78. The summed E-state index contributed by atoms with van der Waals surface area (Å²) in [5.41, 5.74) is 11.7. The molecular weight excluding hydrogens is 216 g/mol. The van der Waals surface area contributed by atoms with Crippen molar-refractivity contribution in [1.82, 2.24) is 0 Å². The van der Waals surface area contributed by atoms with E-state index in [1.165, 1.54) is 0 Å². The summed E-state index contributed by atoms with van der Waals surface area (Å²) >= 11 is 0. The Morgan fingerprint density at radius 1 is 1.24 bits per heavy atom. The van der Waals surface area contributed by atoms with Gasteiger partial charge < -0.3 is 16.2 Å². The van der Waals surface area contributed by atoms with E-state index in [2.05, 4.69) is 0 Å². The number of rotatable bonds is 3. The van der Waals surface area contributed by atoms with E-state index in [9.17, 15) is 4.79 Å². The molecule has 2 aromatic rings. The molecule has 0 spiro atoms. The van der Waals surface area contributed by atoms with E-state index >= 15 is 0 Å². The Hall–Kier alpha value is -2.07. The molecular formula is C13H14N2O2. The number of carbonyl (C=O) groups is 1. The second-order valence-electron chi connectivity index (χ2n) is 3.78. The first-order chi connectivity index (χ1) is 8.15. The first-order valence-corrected chi connectivity index (χ1v) is 5.25. The fraction of sp³-hybridized carbons (Fsp3) is 0.154. The number of methoxy groups -OCH3 is 1. The van der Waals surface area contributed by atoms with Crippen LogP contribution in [0, 0.1) is 0 Å². The maximum absolute atomic E-state index is 11.3. The standard InChI is InChI=1S/C13H14N2O2/c1-17-10-7-6-8-4-2-3-5-9(8)11(10)12(14)13(15)16/h2-7,12H,14H2,1H3,(H2,15,16). The van der Waals surface area contributed by atoms with Gasteiger partial charge in [0.1, 0.15) is 11.8 Å². The van der Waals surface area contributed by atoms with Gasteiger partial charge in [0.25, 0.3) is 0 Å². The van der Waals surface area contributed by atoms with E-state index in [-0.39, 0.29) is 0 Å². The third-order valence-electron chi connectivity index (χ3n) is 2.77. The molecule has 2 aromatic carbocycles. The lowest BCUT2D eigenvalue weighted by Crippen LogP contribution is -2.28. The van der Waals surface area contributed by atoms with E-state index in [4.69, 9.17) is 16.2 Å². The first-order valence-electron chi connectivity index (χ1n) is 5.25. The first kappa shape index (κ1) is 11.4. The summed E-state index contributed by atoms with van der Waals surface area (Å²) in [6.07, 6.45) is 0. The van der Waals surface area contributed by atoms with Crippen molar-refractivity contribution in [1.29, 1.82) is 0 Å². The molecule has 0 heterocycles. The lowest BCUT2D eigenvalue weighted by Gasteiger charge is -2.15. The highest BCUT2D eigenvalue weighted by atomic mass is 16.5. The minimum Gasteiger partial charge on any atom is -0.496 e. The molecule has 1 amide bonds. The number of amides is 1. The molecule has 0 aliphatic rings. The third-order valence-corrected chi connectivity index (χ3v) is 2.77. The molecule has 17 heavy (non-hydrogen) atoms. The van der Waals surface area contributed by atoms with Gasteiger partial charge in [-0.3, -0.25) is 4.79 Å². The molecule has 0 aliphatic heterocycles. The smallest absolute Gasteiger partial charge is 0.239 e. The van der Waals surface area contributed by atoms with Crippen LogP contribution in [-0.4, -0.2) is 13.0 Å².